The molecule has 0 amide bonds. The molecule has 10 nitrogen and oxygen atoms in total. The first-order chi connectivity index (χ1) is 17.0. The molecule has 4 aromatic carbocycles. The quantitative estimate of drug-likeness (QED) is 0.155. The van der Waals surface area contributed by atoms with Crippen LogP contribution in [0.2, 0.25) is 0 Å². The predicted molar refractivity (Wildman–Crippen MR) is 126 cm³/mol. The summed E-state index contributed by atoms with van der Waals surface area (Å²) in [5.74, 6) is -5.10. The van der Waals surface area contributed by atoms with Crippen molar-refractivity contribution < 1.29 is 50.1 Å². The van der Waals surface area contributed by atoms with Gasteiger partial charge in [0.2, 0.25) is 6.10 Å². The number of hydrogen-bond acceptors (Lipinski definition) is 9. The zero-order chi connectivity index (χ0) is 26.1. The van der Waals surface area contributed by atoms with E-state index in [0.29, 0.717) is 5.39 Å². The van der Waals surface area contributed by atoms with Crippen LogP contribution in [0.15, 0.2) is 60.7 Å². The van der Waals surface area contributed by atoms with Gasteiger partial charge in [0.15, 0.2) is 34.5 Å². The minimum absolute atomic E-state index is 0.113. The Labute approximate surface area is 203 Å². The van der Waals surface area contributed by atoms with Crippen molar-refractivity contribution in [2.75, 3.05) is 0 Å². The molecule has 0 aliphatic rings. The number of phenolic OH excluding ortho intramolecular Hbond substituents is 6. The Bertz CT molecular complexity index is 1510. The van der Waals surface area contributed by atoms with Gasteiger partial charge in [0.05, 0.1) is 5.56 Å². The molecule has 36 heavy (non-hydrogen) atoms. The van der Waals surface area contributed by atoms with Gasteiger partial charge < -0.3 is 40.5 Å². The van der Waals surface area contributed by atoms with Gasteiger partial charge in [-0.25, -0.2) is 9.59 Å². The average Bonchev–Trinajstić information content (AvgIpc) is 2.84. The maximum absolute atomic E-state index is 13.2. The van der Waals surface area contributed by atoms with Gasteiger partial charge in [-0.15, -0.1) is 0 Å². The second-order valence-electron chi connectivity index (χ2n) is 8.02. The highest BCUT2D eigenvalue weighted by molar-refractivity contribution is 6.05. The third kappa shape index (κ3) is 4.60. The number of fused-ring (bicyclic) bond motifs is 1. The monoisotopic (exact) mass is 492 g/mol. The first-order valence-corrected chi connectivity index (χ1v) is 10.5. The van der Waals surface area contributed by atoms with Crippen molar-refractivity contribution in [1.29, 1.82) is 0 Å². The van der Waals surface area contributed by atoms with Crippen LogP contribution in [-0.2, 0) is 16.0 Å². The van der Waals surface area contributed by atoms with E-state index in [4.69, 9.17) is 4.74 Å². The van der Waals surface area contributed by atoms with Crippen molar-refractivity contribution in [2.24, 2.45) is 0 Å². The number of benzene rings is 4. The summed E-state index contributed by atoms with van der Waals surface area (Å²) in [7, 11) is 0. The fraction of sp³-hybridized carbons (Fsp3) is 0.0769. The molecule has 0 saturated heterocycles. The molecule has 1 unspecified atom stereocenters. The molecule has 0 aliphatic carbocycles. The summed E-state index contributed by atoms with van der Waals surface area (Å²) in [6.45, 7) is 0. The van der Waals surface area contributed by atoms with Crippen LogP contribution >= 0.6 is 0 Å². The van der Waals surface area contributed by atoms with Crippen molar-refractivity contribution in [3.8, 4) is 45.6 Å². The lowest BCUT2D eigenvalue weighted by molar-refractivity contribution is -0.147. The van der Waals surface area contributed by atoms with Crippen molar-refractivity contribution in [1.82, 2.24) is 0 Å². The van der Waals surface area contributed by atoms with Gasteiger partial charge >= 0.3 is 11.9 Å². The fourth-order valence-electron chi connectivity index (χ4n) is 3.73. The lowest BCUT2D eigenvalue weighted by Crippen LogP contribution is -2.29. The Morgan fingerprint density at radius 1 is 0.722 bits per heavy atom. The topological polar surface area (TPSA) is 185 Å². The minimum Gasteiger partial charge on any atom is -0.504 e. The maximum atomic E-state index is 13.2. The number of ether oxygens (including phenoxy) is 1. The van der Waals surface area contributed by atoms with Crippen LogP contribution < -0.4 is 0 Å². The van der Waals surface area contributed by atoms with Crippen molar-refractivity contribution in [3.05, 3.63) is 71.8 Å². The predicted octanol–water partition coefficient (Wildman–Crippen LogP) is 3.59. The van der Waals surface area contributed by atoms with Crippen LogP contribution in [0.3, 0.4) is 0 Å². The summed E-state index contributed by atoms with van der Waals surface area (Å²) >= 11 is 0. The summed E-state index contributed by atoms with van der Waals surface area (Å²) < 4.78 is 5.28. The molecule has 0 aliphatic heterocycles. The van der Waals surface area contributed by atoms with E-state index in [9.17, 15) is 45.3 Å². The van der Waals surface area contributed by atoms with Crippen LogP contribution in [0, 0.1) is 0 Å². The summed E-state index contributed by atoms with van der Waals surface area (Å²) in [4.78, 5) is 25.1. The molecule has 0 aromatic heterocycles. The Morgan fingerprint density at radius 2 is 1.36 bits per heavy atom. The maximum Gasteiger partial charge on any atom is 0.345 e. The van der Waals surface area contributed by atoms with Gasteiger partial charge in [-0.2, -0.15) is 0 Å². The van der Waals surface area contributed by atoms with Gasteiger partial charge in [-0.3, -0.25) is 0 Å². The summed E-state index contributed by atoms with van der Waals surface area (Å²) in [5, 5.41) is 69.1. The van der Waals surface area contributed by atoms with Gasteiger partial charge in [-0.05, 0) is 64.5 Å². The summed E-state index contributed by atoms with van der Waals surface area (Å²) in [6.07, 6.45) is -1.97. The molecule has 0 saturated carbocycles. The molecule has 4 aromatic rings. The van der Waals surface area contributed by atoms with E-state index in [-0.39, 0.29) is 34.1 Å². The third-order valence-corrected chi connectivity index (χ3v) is 5.60. The molecule has 0 fully saturated rings. The third-order valence-electron chi connectivity index (χ3n) is 5.60. The molecule has 7 N–H and O–H groups in total. The Morgan fingerprint density at radius 3 is 2.00 bits per heavy atom. The van der Waals surface area contributed by atoms with Gasteiger partial charge in [0.1, 0.15) is 0 Å². The molecule has 0 radical (unpaired) electrons. The number of aliphatic carboxylic acids is 1. The number of phenols is 6. The summed E-state index contributed by atoms with van der Waals surface area (Å²) in [5.41, 5.74) is 0.526. The van der Waals surface area contributed by atoms with E-state index in [0.717, 1.165) is 6.07 Å². The largest absolute Gasteiger partial charge is 0.504 e. The van der Waals surface area contributed by atoms with E-state index < -0.39 is 52.5 Å². The number of carbonyl (C=O) groups excluding carboxylic acids is 1. The number of rotatable bonds is 6. The van der Waals surface area contributed by atoms with E-state index in [2.05, 4.69) is 0 Å². The standard InChI is InChI=1S/C26H20O10/c27-18-4-1-12(7-21(18)30)8-23(25(33)34)36-26(35)17-9-13-3-6-20(29)24(32)16(13)11-15(17)14-2-5-19(28)22(31)10-14/h1-7,9-11,23,27-32H,8H2,(H,33,34). The molecular formula is C26H20O10. The van der Waals surface area contributed by atoms with Crippen LogP contribution in [0.25, 0.3) is 21.9 Å². The normalized spacial score (nSPS) is 11.8. The molecule has 0 bridgehead atoms. The van der Waals surface area contributed by atoms with Crippen LogP contribution in [0.4, 0.5) is 0 Å². The lowest BCUT2D eigenvalue weighted by Gasteiger charge is -2.17. The molecule has 10 heteroatoms. The van der Waals surface area contributed by atoms with Gasteiger partial charge in [0.25, 0.3) is 0 Å². The Hall–Kier alpha value is -5.12. The lowest BCUT2D eigenvalue weighted by atomic mass is 9.94. The van der Waals surface area contributed by atoms with Crippen LogP contribution in [-0.4, -0.2) is 53.8 Å². The fourth-order valence-corrected chi connectivity index (χ4v) is 3.73. The smallest absolute Gasteiger partial charge is 0.345 e. The Kier molecular flexibility index (Phi) is 6.18. The number of hydrogen-bond donors (Lipinski definition) is 7. The van der Waals surface area contributed by atoms with Crippen molar-refractivity contribution >= 4 is 22.7 Å². The Balaban J connectivity index is 1.78. The highest BCUT2D eigenvalue weighted by atomic mass is 16.6. The highest BCUT2D eigenvalue weighted by Crippen LogP contribution is 2.39. The molecule has 1 atom stereocenters. The van der Waals surface area contributed by atoms with E-state index >= 15 is 0 Å². The zero-order valence-electron chi connectivity index (χ0n) is 18.4. The molecular weight excluding hydrogens is 472 g/mol. The second kappa shape index (κ2) is 9.26. The van der Waals surface area contributed by atoms with Crippen LogP contribution in [0.5, 0.6) is 34.5 Å². The van der Waals surface area contributed by atoms with E-state index in [1.807, 2.05) is 0 Å². The van der Waals surface area contributed by atoms with Crippen molar-refractivity contribution in [3.63, 3.8) is 0 Å². The van der Waals surface area contributed by atoms with Gasteiger partial charge in [0, 0.05) is 11.8 Å². The number of carboxylic acid groups (broad SMARTS) is 1. The molecule has 184 valence electrons. The number of aromatic hydroxyl groups is 6. The first kappa shape index (κ1) is 24.0. The SMILES string of the molecule is O=C(OC(Cc1ccc(O)c(O)c1)C(=O)O)c1cc2ccc(O)c(O)c2cc1-c1ccc(O)c(O)c1. The van der Waals surface area contributed by atoms with Gasteiger partial charge in [-0.1, -0.05) is 18.2 Å². The van der Waals surface area contributed by atoms with E-state index in [1.165, 1.54) is 54.6 Å². The van der Waals surface area contributed by atoms with E-state index in [1.54, 1.807) is 0 Å². The summed E-state index contributed by atoms with van der Waals surface area (Å²) in [6, 6.07) is 12.8. The highest BCUT2D eigenvalue weighted by Gasteiger charge is 2.26. The zero-order valence-corrected chi connectivity index (χ0v) is 18.4. The van der Waals surface area contributed by atoms with Crippen molar-refractivity contribution in [2.45, 2.75) is 12.5 Å². The molecule has 0 heterocycles. The number of carbonyl (C=O) groups is 2. The first-order valence-electron chi connectivity index (χ1n) is 10.5. The molecule has 0 spiro atoms. The second-order valence-corrected chi connectivity index (χ2v) is 8.02. The number of esters is 1. The van der Waals surface area contributed by atoms with Crippen LogP contribution in [0.1, 0.15) is 15.9 Å². The number of carboxylic acids is 1. The average molecular weight is 492 g/mol. The molecule has 4 rings (SSSR count). The minimum atomic E-state index is -1.66.